The molecular formula is C6H10N2O2. The molecule has 0 aromatic rings. The summed E-state index contributed by atoms with van der Waals surface area (Å²) in [5, 5.41) is 8.39. The van der Waals surface area contributed by atoms with Crippen LogP contribution in [0.25, 0.3) is 0 Å². The first-order chi connectivity index (χ1) is 4.57. The van der Waals surface area contributed by atoms with Crippen LogP contribution in [0.15, 0.2) is 16.9 Å². The maximum atomic E-state index is 10.2. The van der Waals surface area contributed by atoms with Gasteiger partial charge in [-0.25, -0.2) is 4.79 Å². The van der Waals surface area contributed by atoms with Crippen molar-refractivity contribution >= 4 is 12.7 Å². The van der Waals surface area contributed by atoms with Crippen molar-refractivity contribution in [1.82, 2.24) is 4.90 Å². The number of aliphatic carboxylic acids is 1. The number of rotatable bonds is 3. The number of nitrogens with zero attached hydrogens (tertiary/aromatic N) is 2. The lowest BCUT2D eigenvalue weighted by Gasteiger charge is -2.03. The predicted molar refractivity (Wildman–Crippen MR) is 39.0 cm³/mol. The van der Waals surface area contributed by atoms with Gasteiger partial charge in [-0.2, -0.15) is 0 Å². The lowest BCUT2D eigenvalue weighted by Crippen LogP contribution is -2.07. The van der Waals surface area contributed by atoms with Gasteiger partial charge in [0.05, 0.1) is 0 Å². The largest absolute Gasteiger partial charge is 0.476 e. The van der Waals surface area contributed by atoms with Crippen LogP contribution < -0.4 is 0 Å². The smallest absolute Gasteiger partial charge is 0.355 e. The summed E-state index contributed by atoms with van der Waals surface area (Å²) in [4.78, 5) is 15.1. The second kappa shape index (κ2) is 3.66. The Balaban J connectivity index is 4.33. The highest BCUT2D eigenvalue weighted by Gasteiger charge is 2.02. The van der Waals surface area contributed by atoms with Crippen molar-refractivity contribution in [3.8, 4) is 0 Å². The molecule has 0 rings (SSSR count). The van der Waals surface area contributed by atoms with Gasteiger partial charge in [0, 0.05) is 20.3 Å². The second-order valence-corrected chi connectivity index (χ2v) is 1.94. The monoisotopic (exact) mass is 142 g/mol. The third-order valence-electron chi connectivity index (χ3n) is 0.770. The van der Waals surface area contributed by atoms with Crippen LogP contribution in [0.3, 0.4) is 0 Å². The molecule has 4 heteroatoms. The summed E-state index contributed by atoms with van der Waals surface area (Å²) in [7, 11) is 3.43. The first-order valence-corrected chi connectivity index (χ1v) is 2.66. The topological polar surface area (TPSA) is 52.9 Å². The molecule has 56 valence electrons. The van der Waals surface area contributed by atoms with Crippen molar-refractivity contribution in [3.05, 3.63) is 11.9 Å². The number of aliphatic imine (C=N–C) groups is 1. The molecule has 0 aromatic heterocycles. The Morgan fingerprint density at radius 2 is 2.20 bits per heavy atom. The van der Waals surface area contributed by atoms with E-state index in [1.54, 1.807) is 19.0 Å². The molecule has 0 aliphatic carbocycles. The van der Waals surface area contributed by atoms with Crippen molar-refractivity contribution in [2.45, 2.75) is 0 Å². The highest BCUT2D eigenvalue weighted by Crippen LogP contribution is 1.95. The summed E-state index contributed by atoms with van der Waals surface area (Å²) in [5.41, 5.74) is -0.0509. The molecule has 0 spiro atoms. The summed E-state index contributed by atoms with van der Waals surface area (Å²) in [6, 6.07) is 0. The van der Waals surface area contributed by atoms with Gasteiger partial charge in [0.25, 0.3) is 0 Å². The van der Waals surface area contributed by atoms with Crippen LogP contribution in [0.1, 0.15) is 0 Å². The molecule has 0 bridgehead atoms. The molecule has 4 nitrogen and oxygen atoms in total. The number of hydrogen-bond donors (Lipinski definition) is 1. The van der Waals surface area contributed by atoms with E-state index in [4.69, 9.17) is 5.11 Å². The normalized spacial score (nSPS) is 10.8. The summed E-state index contributed by atoms with van der Waals surface area (Å²) in [5.74, 6) is -1.07. The van der Waals surface area contributed by atoms with Gasteiger partial charge in [-0.15, -0.1) is 0 Å². The van der Waals surface area contributed by atoms with E-state index in [-0.39, 0.29) is 5.70 Å². The van der Waals surface area contributed by atoms with Crippen molar-refractivity contribution in [3.63, 3.8) is 0 Å². The molecule has 0 saturated carbocycles. The molecule has 0 unspecified atom stereocenters. The van der Waals surface area contributed by atoms with E-state index in [1.165, 1.54) is 6.20 Å². The third kappa shape index (κ3) is 2.86. The lowest BCUT2D eigenvalue weighted by molar-refractivity contribution is -0.132. The van der Waals surface area contributed by atoms with E-state index in [0.717, 1.165) is 0 Å². The van der Waals surface area contributed by atoms with Gasteiger partial charge in [-0.05, 0) is 6.72 Å². The van der Waals surface area contributed by atoms with Crippen molar-refractivity contribution in [1.29, 1.82) is 0 Å². The first kappa shape index (κ1) is 8.68. The van der Waals surface area contributed by atoms with Crippen molar-refractivity contribution in [2.24, 2.45) is 4.99 Å². The third-order valence-corrected chi connectivity index (χ3v) is 0.770. The fourth-order valence-corrected chi connectivity index (χ4v) is 0.408. The van der Waals surface area contributed by atoms with Gasteiger partial charge in [-0.1, -0.05) is 0 Å². The maximum absolute atomic E-state index is 10.2. The molecule has 0 aliphatic rings. The number of hydrogen-bond acceptors (Lipinski definition) is 3. The van der Waals surface area contributed by atoms with Crippen LogP contribution in [-0.4, -0.2) is 36.8 Å². The minimum Gasteiger partial charge on any atom is -0.476 e. The molecule has 0 fully saturated rings. The average Bonchev–Trinajstić information content (AvgIpc) is 1.81. The summed E-state index contributed by atoms with van der Waals surface area (Å²) in [6.07, 6.45) is 1.38. The van der Waals surface area contributed by atoms with E-state index in [2.05, 4.69) is 11.7 Å². The van der Waals surface area contributed by atoms with Crippen LogP contribution in [0.4, 0.5) is 0 Å². The van der Waals surface area contributed by atoms with Gasteiger partial charge in [0.1, 0.15) is 0 Å². The van der Waals surface area contributed by atoms with Gasteiger partial charge in [-0.3, -0.25) is 4.99 Å². The fraction of sp³-hybridized carbons (Fsp3) is 0.333. The lowest BCUT2D eigenvalue weighted by atomic mass is 10.5. The standard InChI is InChI=1S/C6H10N2O2/c1-7-5(6(9)10)4-8(2)3/h4H,1H2,2-3H3,(H,9,10)/b5-4-. The fourth-order valence-electron chi connectivity index (χ4n) is 0.408. The van der Waals surface area contributed by atoms with Crippen LogP contribution >= 0.6 is 0 Å². The Hall–Kier alpha value is -1.32. The minimum atomic E-state index is -1.07. The number of carbonyl (C=O) groups is 1. The maximum Gasteiger partial charge on any atom is 0.355 e. The quantitative estimate of drug-likeness (QED) is 0.451. The molecule has 0 amide bonds. The Morgan fingerprint density at radius 1 is 1.70 bits per heavy atom. The highest BCUT2D eigenvalue weighted by molar-refractivity contribution is 5.86. The Kier molecular flexibility index (Phi) is 3.17. The number of carboxylic acid groups (broad SMARTS) is 1. The molecule has 0 radical (unpaired) electrons. The van der Waals surface area contributed by atoms with Crippen LogP contribution in [0.2, 0.25) is 0 Å². The van der Waals surface area contributed by atoms with E-state index >= 15 is 0 Å². The molecule has 0 aromatic carbocycles. The molecule has 0 saturated heterocycles. The van der Waals surface area contributed by atoms with E-state index < -0.39 is 5.97 Å². The van der Waals surface area contributed by atoms with Gasteiger partial charge < -0.3 is 10.0 Å². The zero-order valence-corrected chi connectivity index (χ0v) is 6.03. The second-order valence-electron chi connectivity index (χ2n) is 1.94. The van der Waals surface area contributed by atoms with Crippen molar-refractivity contribution in [2.75, 3.05) is 14.1 Å². The Morgan fingerprint density at radius 3 is 2.30 bits per heavy atom. The molecule has 0 aliphatic heterocycles. The van der Waals surface area contributed by atoms with E-state index in [0.29, 0.717) is 0 Å². The van der Waals surface area contributed by atoms with Crippen molar-refractivity contribution < 1.29 is 9.90 Å². The molecule has 0 atom stereocenters. The van der Waals surface area contributed by atoms with Crippen LogP contribution in [0, 0.1) is 0 Å². The minimum absolute atomic E-state index is 0.0509. The Labute approximate surface area is 59.5 Å². The molecule has 10 heavy (non-hydrogen) atoms. The summed E-state index contributed by atoms with van der Waals surface area (Å²) < 4.78 is 0. The van der Waals surface area contributed by atoms with Crippen LogP contribution in [-0.2, 0) is 4.79 Å². The SMILES string of the molecule is C=N/C(=C\N(C)C)C(=O)O. The summed E-state index contributed by atoms with van der Waals surface area (Å²) >= 11 is 0. The highest BCUT2D eigenvalue weighted by atomic mass is 16.4. The van der Waals surface area contributed by atoms with Gasteiger partial charge >= 0.3 is 5.97 Å². The predicted octanol–water partition coefficient (Wildman–Crippen LogP) is 0.175. The zero-order chi connectivity index (χ0) is 8.15. The molecule has 1 N–H and O–H groups in total. The zero-order valence-electron chi connectivity index (χ0n) is 6.03. The molecular weight excluding hydrogens is 132 g/mol. The van der Waals surface area contributed by atoms with E-state index in [9.17, 15) is 4.79 Å². The number of carboxylic acids is 1. The van der Waals surface area contributed by atoms with Crippen LogP contribution in [0.5, 0.6) is 0 Å². The van der Waals surface area contributed by atoms with E-state index in [1.807, 2.05) is 0 Å². The van der Waals surface area contributed by atoms with Gasteiger partial charge in [0.15, 0.2) is 5.70 Å². The van der Waals surface area contributed by atoms with Gasteiger partial charge in [0.2, 0.25) is 0 Å². The first-order valence-electron chi connectivity index (χ1n) is 2.66. The Bertz CT molecular complexity index is 173. The average molecular weight is 142 g/mol. The molecule has 0 heterocycles. The summed E-state index contributed by atoms with van der Waals surface area (Å²) in [6.45, 7) is 3.11.